The Hall–Kier alpha value is -0.910. The lowest BCUT2D eigenvalue weighted by atomic mass is 10.1. The van der Waals surface area contributed by atoms with Gasteiger partial charge in [0.05, 0.1) is 12.3 Å². The van der Waals surface area contributed by atoms with Crippen molar-refractivity contribution in [3.05, 3.63) is 17.5 Å². The Balaban J connectivity index is 2.67. The lowest BCUT2D eigenvalue weighted by Gasteiger charge is -2.16. The van der Waals surface area contributed by atoms with E-state index in [0.29, 0.717) is 12.1 Å². The number of nitrogens with zero attached hydrogens (tertiary/aromatic N) is 1. The number of hydrogen-bond donors (Lipinski definition) is 4. The Labute approximate surface area is 76.8 Å². The van der Waals surface area contributed by atoms with Gasteiger partial charge in [-0.3, -0.25) is 5.10 Å². The van der Waals surface area contributed by atoms with Gasteiger partial charge < -0.3 is 15.5 Å². The first-order valence-electron chi connectivity index (χ1n) is 4.17. The number of H-pyrrole nitrogens is 1. The first kappa shape index (κ1) is 10.2. The minimum atomic E-state index is -0.883. The highest BCUT2D eigenvalue weighted by atomic mass is 16.3. The van der Waals surface area contributed by atoms with Gasteiger partial charge in [-0.2, -0.15) is 5.10 Å². The van der Waals surface area contributed by atoms with Crippen LogP contribution < -0.4 is 5.32 Å². The number of likely N-dealkylation sites (N-methyl/N-ethyl adjacent to an activating group) is 1. The molecule has 5 heteroatoms. The Morgan fingerprint density at radius 3 is 2.77 bits per heavy atom. The van der Waals surface area contributed by atoms with Crippen LogP contribution >= 0.6 is 0 Å². The van der Waals surface area contributed by atoms with E-state index in [1.165, 1.54) is 6.20 Å². The summed E-state index contributed by atoms with van der Waals surface area (Å²) in [4.78, 5) is 0. The molecule has 0 aliphatic carbocycles. The monoisotopic (exact) mass is 185 g/mol. The van der Waals surface area contributed by atoms with Crippen LogP contribution in [0.15, 0.2) is 6.20 Å². The van der Waals surface area contributed by atoms with Gasteiger partial charge in [-0.25, -0.2) is 0 Å². The van der Waals surface area contributed by atoms with E-state index in [1.54, 1.807) is 14.0 Å². The number of aliphatic hydroxyl groups is 2. The van der Waals surface area contributed by atoms with Crippen LogP contribution in [0.5, 0.6) is 0 Å². The highest BCUT2D eigenvalue weighted by Crippen LogP contribution is 2.17. The van der Waals surface area contributed by atoms with Crippen molar-refractivity contribution in [2.75, 3.05) is 13.6 Å². The van der Waals surface area contributed by atoms with Crippen LogP contribution in [0.2, 0.25) is 0 Å². The first-order valence-corrected chi connectivity index (χ1v) is 4.17. The summed E-state index contributed by atoms with van der Waals surface area (Å²) >= 11 is 0. The molecule has 2 unspecified atom stereocenters. The lowest BCUT2D eigenvalue weighted by molar-refractivity contribution is 0.0199. The van der Waals surface area contributed by atoms with Gasteiger partial charge in [0.2, 0.25) is 0 Å². The third-order valence-electron chi connectivity index (χ3n) is 1.97. The van der Waals surface area contributed by atoms with E-state index in [0.717, 1.165) is 5.69 Å². The van der Waals surface area contributed by atoms with Gasteiger partial charge in [-0.15, -0.1) is 0 Å². The summed E-state index contributed by atoms with van der Waals surface area (Å²) in [5.74, 6) is 0. The van der Waals surface area contributed by atoms with Crippen LogP contribution in [0.25, 0.3) is 0 Å². The fourth-order valence-corrected chi connectivity index (χ4v) is 1.19. The van der Waals surface area contributed by atoms with Crippen molar-refractivity contribution in [3.63, 3.8) is 0 Å². The predicted octanol–water partition coefficient (Wildman–Crippen LogP) is -0.668. The number of aryl methyl sites for hydroxylation is 1. The summed E-state index contributed by atoms with van der Waals surface area (Å²) in [5.41, 5.74) is 1.42. The van der Waals surface area contributed by atoms with E-state index >= 15 is 0 Å². The molecule has 1 rings (SSSR count). The van der Waals surface area contributed by atoms with E-state index in [2.05, 4.69) is 15.5 Å². The van der Waals surface area contributed by atoms with Gasteiger partial charge >= 0.3 is 0 Å². The van der Waals surface area contributed by atoms with Crippen molar-refractivity contribution >= 4 is 0 Å². The number of hydrogen-bond acceptors (Lipinski definition) is 4. The van der Waals surface area contributed by atoms with Gasteiger partial charge in [0.1, 0.15) is 6.10 Å². The second kappa shape index (κ2) is 4.36. The number of aromatic nitrogens is 2. The normalized spacial score (nSPS) is 15.7. The molecule has 13 heavy (non-hydrogen) atoms. The first-order chi connectivity index (χ1) is 6.16. The zero-order valence-corrected chi connectivity index (χ0v) is 7.78. The maximum atomic E-state index is 9.64. The maximum Gasteiger partial charge on any atom is 0.109 e. The Morgan fingerprint density at radius 1 is 1.62 bits per heavy atom. The van der Waals surface area contributed by atoms with Crippen molar-refractivity contribution in [2.45, 2.75) is 19.1 Å². The van der Waals surface area contributed by atoms with Crippen molar-refractivity contribution < 1.29 is 10.2 Å². The van der Waals surface area contributed by atoms with Crippen molar-refractivity contribution in [3.8, 4) is 0 Å². The Kier molecular flexibility index (Phi) is 3.41. The molecule has 0 aliphatic heterocycles. The summed E-state index contributed by atoms with van der Waals surface area (Å²) in [6, 6.07) is 0. The van der Waals surface area contributed by atoms with Crippen LogP contribution in [0.4, 0.5) is 0 Å². The van der Waals surface area contributed by atoms with Crippen molar-refractivity contribution in [1.82, 2.24) is 15.5 Å². The standard InChI is InChI=1S/C8H15N3O2/c1-5-6(3-10-11-5)8(13)7(12)4-9-2/h3,7-9,12-13H,4H2,1-2H3,(H,10,11). The molecule has 0 spiro atoms. The van der Waals surface area contributed by atoms with E-state index in [9.17, 15) is 10.2 Å². The summed E-state index contributed by atoms with van der Waals surface area (Å²) in [6.07, 6.45) is -0.161. The molecular weight excluding hydrogens is 170 g/mol. The highest BCUT2D eigenvalue weighted by Gasteiger charge is 2.20. The minimum Gasteiger partial charge on any atom is -0.389 e. The molecule has 0 bridgehead atoms. The van der Waals surface area contributed by atoms with E-state index < -0.39 is 12.2 Å². The summed E-state index contributed by atoms with van der Waals surface area (Å²) in [5, 5.41) is 28.4. The lowest BCUT2D eigenvalue weighted by Crippen LogP contribution is -2.29. The number of aliphatic hydroxyl groups excluding tert-OH is 2. The molecular formula is C8H15N3O2. The average molecular weight is 185 g/mol. The molecule has 0 radical (unpaired) electrons. The van der Waals surface area contributed by atoms with Gasteiger partial charge in [-0.05, 0) is 14.0 Å². The van der Waals surface area contributed by atoms with Crippen LogP contribution in [-0.2, 0) is 0 Å². The van der Waals surface area contributed by atoms with Gasteiger partial charge in [-0.1, -0.05) is 0 Å². The number of aromatic amines is 1. The second-order valence-electron chi connectivity index (χ2n) is 3.02. The molecule has 4 N–H and O–H groups in total. The van der Waals surface area contributed by atoms with Gasteiger partial charge in [0.25, 0.3) is 0 Å². The predicted molar refractivity (Wildman–Crippen MR) is 48.2 cm³/mol. The minimum absolute atomic E-state index is 0.353. The van der Waals surface area contributed by atoms with Crippen molar-refractivity contribution in [2.24, 2.45) is 0 Å². The fraction of sp³-hybridized carbons (Fsp3) is 0.625. The highest BCUT2D eigenvalue weighted by molar-refractivity contribution is 5.18. The van der Waals surface area contributed by atoms with Crippen LogP contribution in [-0.4, -0.2) is 40.1 Å². The topological polar surface area (TPSA) is 81.2 Å². The maximum absolute atomic E-state index is 9.64. The van der Waals surface area contributed by atoms with E-state index in [1.807, 2.05) is 0 Å². The Bertz CT molecular complexity index is 262. The molecule has 1 heterocycles. The summed E-state index contributed by atoms with van der Waals surface area (Å²) in [6.45, 7) is 2.16. The molecule has 0 fully saturated rings. The van der Waals surface area contributed by atoms with Crippen LogP contribution in [0.1, 0.15) is 17.4 Å². The zero-order valence-electron chi connectivity index (χ0n) is 7.78. The fourth-order valence-electron chi connectivity index (χ4n) is 1.19. The molecule has 1 aromatic heterocycles. The molecule has 0 aromatic carbocycles. The molecule has 0 saturated carbocycles. The number of rotatable bonds is 4. The van der Waals surface area contributed by atoms with Gasteiger partial charge in [0.15, 0.2) is 0 Å². The largest absolute Gasteiger partial charge is 0.389 e. The molecule has 2 atom stereocenters. The molecule has 0 saturated heterocycles. The second-order valence-corrected chi connectivity index (χ2v) is 3.02. The third kappa shape index (κ3) is 2.27. The van der Waals surface area contributed by atoms with Crippen LogP contribution in [0.3, 0.4) is 0 Å². The smallest absolute Gasteiger partial charge is 0.109 e. The molecule has 1 aromatic rings. The van der Waals surface area contributed by atoms with Crippen molar-refractivity contribution in [1.29, 1.82) is 0 Å². The summed E-state index contributed by atoms with van der Waals surface area (Å²) in [7, 11) is 1.72. The SMILES string of the molecule is CNCC(O)C(O)c1cn[nH]c1C. The summed E-state index contributed by atoms with van der Waals surface area (Å²) < 4.78 is 0. The molecule has 0 aliphatic rings. The quantitative estimate of drug-likeness (QED) is 0.501. The third-order valence-corrected chi connectivity index (χ3v) is 1.97. The number of nitrogens with one attached hydrogen (secondary N) is 2. The van der Waals surface area contributed by atoms with E-state index in [4.69, 9.17) is 0 Å². The Morgan fingerprint density at radius 2 is 2.31 bits per heavy atom. The van der Waals surface area contributed by atoms with Gasteiger partial charge in [0, 0.05) is 17.8 Å². The van der Waals surface area contributed by atoms with E-state index in [-0.39, 0.29) is 0 Å². The molecule has 0 amide bonds. The average Bonchev–Trinajstić information content (AvgIpc) is 2.50. The molecule has 5 nitrogen and oxygen atoms in total. The van der Waals surface area contributed by atoms with Crippen LogP contribution in [0, 0.1) is 6.92 Å². The zero-order chi connectivity index (χ0) is 9.84. The molecule has 74 valence electrons.